The van der Waals surface area contributed by atoms with Crippen molar-refractivity contribution >= 4 is 27.3 Å². The normalized spacial score (nSPS) is 20.2. The van der Waals surface area contributed by atoms with Gasteiger partial charge in [-0.05, 0) is 46.8 Å². The minimum atomic E-state index is -0.368. The molecule has 0 aliphatic heterocycles. The van der Waals surface area contributed by atoms with Crippen molar-refractivity contribution in [3.05, 3.63) is 20.8 Å². The molecule has 1 aliphatic carbocycles. The van der Waals surface area contributed by atoms with Crippen LogP contribution >= 0.6 is 27.3 Å². The summed E-state index contributed by atoms with van der Waals surface area (Å²) in [6.45, 7) is 0. The molecule has 2 rings (SSSR count). The standard InChI is InChI=1S/C11H15BrO2S/c1-14-11(7-2-3-7)9(13)6-8-4-5-10(12)15-8/h4-5,7,9,11,13H,2-3,6H2,1H3. The summed E-state index contributed by atoms with van der Waals surface area (Å²) in [6.07, 6.45) is 2.75. The molecule has 1 aromatic rings. The summed E-state index contributed by atoms with van der Waals surface area (Å²) >= 11 is 5.10. The van der Waals surface area contributed by atoms with E-state index in [0.717, 1.165) is 3.79 Å². The van der Waals surface area contributed by atoms with E-state index in [1.54, 1.807) is 18.4 Å². The Balaban J connectivity index is 1.92. The van der Waals surface area contributed by atoms with Gasteiger partial charge in [-0.15, -0.1) is 11.3 Å². The van der Waals surface area contributed by atoms with Crippen LogP contribution in [0, 0.1) is 5.92 Å². The fourth-order valence-corrected chi connectivity index (χ4v) is 3.40. The lowest BCUT2D eigenvalue weighted by Crippen LogP contribution is -2.31. The van der Waals surface area contributed by atoms with E-state index in [4.69, 9.17) is 4.74 Å². The minimum absolute atomic E-state index is 0.0193. The molecule has 1 saturated carbocycles. The van der Waals surface area contributed by atoms with Gasteiger partial charge < -0.3 is 9.84 Å². The number of aliphatic hydroxyl groups excluding tert-OH is 1. The number of halogens is 1. The molecule has 4 heteroatoms. The lowest BCUT2D eigenvalue weighted by atomic mass is 10.1. The van der Waals surface area contributed by atoms with Crippen LogP contribution < -0.4 is 0 Å². The molecule has 0 aromatic carbocycles. The minimum Gasteiger partial charge on any atom is -0.390 e. The Bertz CT molecular complexity index is 322. The van der Waals surface area contributed by atoms with E-state index in [9.17, 15) is 5.11 Å². The van der Waals surface area contributed by atoms with Crippen molar-refractivity contribution in [1.82, 2.24) is 0 Å². The summed E-state index contributed by atoms with van der Waals surface area (Å²) in [4.78, 5) is 1.21. The molecular formula is C11H15BrO2S. The van der Waals surface area contributed by atoms with Crippen molar-refractivity contribution in [2.75, 3.05) is 7.11 Å². The van der Waals surface area contributed by atoms with Crippen LogP contribution in [-0.2, 0) is 11.2 Å². The molecule has 1 fully saturated rings. The van der Waals surface area contributed by atoms with Crippen LogP contribution in [0.15, 0.2) is 15.9 Å². The van der Waals surface area contributed by atoms with Gasteiger partial charge in [0.15, 0.2) is 0 Å². The van der Waals surface area contributed by atoms with Crippen molar-refractivity contribution in [2.45, 2.75) is 31.5 Å². The Labute approximate surface area is 102 Å². The summed E-state index contributed by atoms with van der Waals surface area (Å²) in [5.74, 6) is 0.577. The van der Waals surface area contributed by atoms with Crippen molar-refractivity contribution in [3.63, 3.8) is 0 Å². The van der Waals surface area contributed by atoms with Crippen LogP contribution in [0.25, 0.3) is 0 Å². The zero-order chi connectivity index (χ0) is 10.8. The van der Waals surface area contributed by atoms with Crippen LogP contribution in [0.4, 0.5) is 0 Å². The van der Waals surface area contributed by atoms with E-state index in [-0.39, 0.29) is 12.2 Å². The predicted octanol–water partition coefficient (Wildman–Crippen LogP) is 2.84. The Morgan fingerprint density at radius 2 is 2.33 bits per heavy atom. The van der Waals surface area contributed by atoms with Gasteiger partial charge in [-0.1, -0.05) is 0 Å². The number of aliphatic hydroxyl groups is 1. The van der Waals surface area contributed by atoms with E-state index in [1.807, 2.05) is 6.07 Å². The first-order valence-electron chi connectivity index (χ1n) is 5.16. The SMILES string of the molecule is COC(C(O)Cc1ccc(Br)s1)C1CC1. The number of ether oxygens (including phenoxy) is 1. The van der Waals surface area contributed by atoms with Crippen LogP contribution in [0.3, 0.4) is 0 Å². The van der Waals surface area contributed by atoms with Gasteiger partial charge in [-0.3, -0.25) is 0 Å². The highest BCUT2D eigenvalue weighted by molar-refractivity contribution is 9.11. The highest BCUT2D eigenvalue weighted by atomic mass is 79.9. The Kier molecular flexibility index (Phi) is 3.83. The number of hydrogen-bond acceptors (Lipinski definition) is 3. The monoisotopic (exact) mass is 290 g/mol. The highest BCUT2D eigenvalue weighted by Gasteiger charge is 2.36. The van der Waals surface area contributed by atoms with E-state index in [2.05, 4.69) is 22.0 Å². The molecule has 0 bridgehead atoms. The summed E-state index contributed by atoms with van der Waals surface area (Å²) in [6, 6.07) is 4.07. The largest absolute Gasteiger partial charge is 0.390 e. The summed E-state index contributed by atoms with van der Waals surface area (Å²) < 4.78 is 6.47. The molecule has 1 aliphatic rings. The first-order chi connectivity index (χ1) is 7.20. The molecule has 1 heterocycles. The van der Waals surface area contributed by atoms with Crippen LogP contribution in [0.1, 0.15) is 17.7 Å². The first-order valence-corrected chi connectivity index (χ1v) is 6.76. The zero-order valence-electron chi connectivity index (χ0n) is 8.65. The van der Waals surface area contributed by atoms with Gasteiger partial charge in [-0.2, -0.15) is 0 Å². The third-order valence-electron chi connectivity index (χ3n) is 2.78. The third kappa shape index (κ3) is 3.03. The molecule has 2 atom stereocenters. The van der Waals surface area contributed by atoms with Gasteiger partial charge in [-0.25, -0.2) is 0 Å². The van der Waals surface area contributed by atoms with Gasteiger partial charge in [0.1, 0.15) is 0 Å². The molecule has 1 aromatic heterocycles. The topological polar surface area (TPSA) is 29.5 Å². The molecule has 0 amide bonds. The van der Waals surface area contributed by atoms with E-state index in [1.165, 1.54) is 17.7 Å². The fourth-order valence-electron chi connectivity index (χ4n) is 1.87. The van der Waals surface area contributed by atoms with E-state index >= 15 is 0 Å². The van der Waals surface area contributed by atoms with Gasteiger partial charge in [0.05, 0.1) is 16.0 Å². The van der Waals surface area contributed by atoms with Crippen LogP contribution in [0.5, 0.6) is 0 Å². The van der Waals surface area contributed by atoms with E-state index in [0.29, 0.717) is 12.3 Å². The van der Waals surface area contributed by atoms with Crippen molar-refractivity contribution in [1.29, 1.82) is 0 Å². The summed E-state index contributed by atoms with van der Waals surface area (Å²) in [5, 5.41) is 10.0. The second-order valence-corrected chi connectivity index (χ2v) is 6.56. The summed E-state index contributed by atoms with van der Waals surface area (Å²) in [5.41, 5.74) is 0. The Morgan fingerprint density at radius 3 is 2.80 bits per heavy atom. The van der Waals surface area contributed by atoms with Crippen molar-refractivity contribution in [3.8, 4) is 0 Å². The molecule has 0 spiro atoms. The molecule has 0 radical (unpaired) electrons. The second-order valence-electron chi connectivity index (χ2n) is 4.02. The zero-order valence-corrected chi connectivity index (χ0v) is 11.1. The number of hydrogen-bond donors (Lipinski definition) is 1. The molecule has 2 nitrogen and oxygen atoms in total. The van der Waals surface area contributed by atoms with Gasteiger partial charge in [0, 0.05) is 18.4 Å². The first kappa shape index (κ1) is 11.6. The average molecular weight is 291 g/mol. The molecular weight excluding hydrogens is 276 g/mol. The number of methoxy groups -OCH3 is 1. The number of thiophene rings is 1. The molecule has 15 heavy (non-hydrogen) atoms. The van der Waals surface area contributed by atoms with Crippen LogP contribution in [-0.4, -0.2) is 24.4 Å². The summed E-state index contributed by atoms with van der Waals surface area (Å²) in [7, 11) is 1.69. The maximum atomic E-state index is 10.0. The van der Waals surface area contributed by atoms with Gasteiger partial charge >= 0.3 is 0 Å². The molecule has 84 valence electrons. The highest BCUT2D eigenvalue weighted by Crippen LogP contribution is 2.36. The quantitative estimate of drug-likeness (QED) is 0.904. The van der Waals surface area contributed by atoms with Crippen molar-refractivity contribution < 1.29 is 9.84 Å². The number of rotatable bonds is 5. The second kappa shape index (κ2) is 4.95. The van der Waals surface area contributed by atoms with E-state index < -0.39 is 0 Å². The Morgan fingerprint density at radius 1 is 1.60 bits per heavy atom. The van der Waals surface area contributed by atoms with Gasteiger partial charge in [0.2, 0.25) is 0 Å². The predicted molar refractivity (Wildman–Crippen MR) is 65.3 cm³/mol. The average Bonchev–Trinajstić information content (AvgIpc) is 2.93. The lowest BCUT2D eigenvalue weighted by Gasteiger charge is -2.20. The van der Waals surface area contributed by atoms with Crippen molar-refractivity contribution in [2.24, 2.45) is 5.92 Å². The molecule has 2 unspecified atom stereocenters. The maximum Gasteiger partial charge on any atom is 0.0861 e. The third-order valence-corrected chi connectivity index (χ3v) is 4.42. The lowest BCUT2D eigenvalue weighted by molar-refractivity contribution is -0.0234. The Hall–Kier alpha value is 0.1000. The fraction of sp³-hybridized carbons (Fsp3) is 0.636. The van der Waals surface area contributed by atoms with Gasteiger partial charge in [0.25, 0.3) is 0 Å². The molecule has 0 saturated heterocycles. The van der Waals surface area contributed by atoms with Crippen LogP contribution in [0.2, 0.25) is 0 Å². The smallest absolute Gasteiger partial charge is 0.0861 e. The molecule has 1 N–H and O–H groups in total. The maximum absolute atomic E-state index is 10.0.